The Morgan fingerprint density at radius 1 is 1.22 bits per heavy atom. The molecule has 1 aliphatic rings. The van der Waals surface area contributed by atoms with Crippen molar-refractivity contribution < 1.29 is 18.1 Å². The van der Waals surface area contributed by atoms with Crippen LogP contribution in [0, 0.1) is 23.5 Å². The Balaban J connectivity index is 1.49. The lowest BCUT2D eigenvalue weighted by molar-refractivity contribution is -0.126. The molecule has 1 heterocycles. The molecule has 1 amide bonds. The van der Waals surface area contributed by atoms with Crippen molar-refractivity contribution in [3.63, 3.8) is 0 Å². The molecule has 0 unspecified atom stereocenters. The molecule has 1 N–H and O–H groups in total. The van der Waals surface area contributed by atoms with Gasteiger partial charge >= 0.3 is 0 Å². The third kappa shape index (κ3) is 5.15. The number of carbonyl (C=O) groups is 1. The molecule has 0 spiro atoms. The summed E-state index contributed by atoms with van der Waals surface area (Å²) in [5, 5.41) is 6.77. The number of rotatable bonds is 7. The first-order valence-electron chi connectivity index (χ1n) is 9.75. The summed E-state index contributed by atoms with van der Waals surface area (Å²) in [7, 11) is 0. The minimum Gasteiger partial charge on any atom is -0.356 e. The molecule has 1 aromatic heterocycles. The molecule has 0 atom stereocenters. The molecule has 0 saturated heterocycles. The number of nitrogens with one attached hydrogen (secondary N) is 1. The molecule has 1 fully saturated rings. The summed E-state index contributed by atoms with van der Waals surface area (Å²) >= 11 is 0. The van der Waals surface area contributed by atoms with Gasteiger partial charge in [0.1, 0.15) is 17.3 Å². The zero-order valence-corrected chi connectivity index (χ0v) is 15.6. The topological polar surface area (TPSA) is 55.1 Å². The van der Waals surface area contributed by atoms with E-state index in [0.29, 0.717) is 5.69 Å². The van der Waals surface area contributed by atoms with Crippen LogP contribution >= 0.6 is 0 Å². The van der Waals surface area contributed by atoms with E-state index >= 15 is 0 Å². The second-order valence-electron chi connectivity index (χ2n) is 7.38. The lowest BCUT2D eigenvalue weighted by atomic mass is 9.79. The average molecular weight is 376 g/mol. The zero-order chi connectivity index (χ0) is 19.2. The maximum atomic E-state index is 13.8. The molecule has 0 bridgehead atoms. The van der Waals surface area contributed by atoms with E-state index in [1.807, 2.05) is 0 Å². The standard InChI is InChI=1S/C21H26F2N2O2/c1-2-3-4-14-5-7-15(8-6-14)21(26)24-13-17-12-20(27-25-17)18-10-9-16(22)11-19(18)23/h9-12,14-15H,2-8,13H2,1H3,(H,24,26). The van der Waals surface area contributed by atoms with Gasteiger partial charge in [0.2, 0.25) is 5.91 Å². The molecule has 4 nitrogen and oxygen atoms in total. The van der Waals surface area contributed by atoms with Crippen LogP contribution in [-0.4, -0.2) is 11.1 Å². The third-order valence-corrected chi connectivity index (χ3v) is 5.38. The van der Waals surface area contributed by atoms with E-state index in [1.54, 1.807) is 6.07 Å². The number of amides is 1. The van der Waals surface area contributed by atoms with Crippen LogP contribution in [-0.2, 0) is 11.3 Å². The molecule has 1 saturated carbocycles. The monoisotopic (exact) mass is 376 g/mol. The van der Waals surface area contributed by atoms with Crippen LogP contribution in [0.3, 0.4) is 0 Å². The summed E-state index contributed by atoms with van der Waals surface area (Å²) in [5.74, 6) is -0.273. The van der Waals surface area contributed by atoms with Crippen LogP contribution in [0.5, 0.6) is 0 Å². The number of hydrogen-bond donors (Lipinski definition) is 1. The quantitative estimate of drug-likeness (QED) is 0.720. The Hall–Kier alpha value is -2.24. The number of carbonyl (C=O) groups excluding carboxylic acids is 1. The van der Waals surface area contributed by atoms with E-state index in [-0.39, 0.29) is 29.7 Å². The van der Waals surface area contributed by atoms with Gasteiger partial charge in [-0.1, -0.05) is 31.3 Å². The summed E-state index contributed by atoms with van der Waals surface area (Å²) in [5.41, 5.74) is 0.658. The second kappa shape index (κ2) is 9.11. The summed E-state index contributed by atoms with van der Waals surface area (Å²) < 4.78 is 32.0. The predicted octanol–water partition coefficient (Wildman–Crippen LogP) is 5.23. The molecule has 0 aliphatic heterocycles. The number of unbranched alkanes of at least 4 members (excludes halogenated alkanes) is 1. The van der Waals surface area contributed by atoms with E-state index in [1.165, 1.54) is 31.4 Å². The highest BCUT2D eigenvalue weighted by molar-refractivity contribution is 5.78. The number of aromatic nitrogens is 1. The fourth-order valence-corrected chi connectivity index (χ4v) is 3.74. The Morgan fingerprint density at radius 2 is 2.00 bits per heavy atom. The number of hydrogen-bond acceptors (Lipinski definition) is 3. The fraction of sp³-hybridized carbons (Fsp3) is 0.524. The van der Waals surface area contributed by atoms with Crippen molar-refractivity contribution in [3.8, 4) is 11.3 Å². The lowest BCUT2D eigenvalue weighted by Gasteiger charge is -2.27. The zero-order valence-electron chi connectivity index (χ0n) is 15.6. The molecule has 1 aliphatic carbocycles. The normalized spacial score (nSPS) is 19.8. The molecule has 0 radical (unpaired) electrons. The summed E-state index contributed by atoms with van der Waals surface area (Å²) in [6, 6.07) is 4.85. The summed E-state index contributed by atoms with van der Waals surface area (Å²) in [6.45, 7) is 2.44. The van der Waals surface area contributed by atoms with Gasteiger partial charge in [0.15, 0.2) is 5.76 Å². The van der Waals surface area contributed by atoms with Gasteiger partial charge in [-0.25, -0.2) is 8.78 Å². The first-order valence-corrected chi connectivity index (χ1v) is 9.75. The van der Waals surface area contributed by atoms with E-state index in [9.17, 15) is 13.6 Å². The second-order valence-corrected chi connectivity index (χ2v) is 7.38. The van der Waals surface area contributed by atoms with E-state index in [4.69, 9.17) is 4.52 Å². The first kappa shape index (κ1) is 19.5. The molecule has 27 heavy (non-hydrogen) atoms. The predicted molar refractivity (Wildman–Crippen MR) is 98.7 cm³/mol. The molecular weight excluding hydrogens is 350 g/mol. The largest absolute Gasteiger partial charge is 0.356 e. The van der Waals surface area contributed by atoms with Gasteiger partial charge in [0, 0.05) is 18.1 Å². The Labute approximate surface area is 158 Å². The van der Waals surface area contributed by atoms with E-state index in [0.717, 1.165) is 37.7 Å². The molecule has 2 aromatic rings. The van der Waals surface area contributed by atoms with Crippen molar-refractivity contribution in [3.05, 3.63) is 41.6 Å². The van der Waals surface area contributed by atoms with Crippen LogP contribution in [0.2, 0.25) is 0 Å². The maximum absolute atomic E-state index is 13.8. The number of halogens is 2. The SMILES string of the molecule is CCCCC1CCC(C(=O)NCc2cc(-c3ccc(F)cc3F)on2)CC1. The highest BCUT2D eigenvalue weighted by Gasteiger charge is 2.26. The molecule has 146 valence electrons. The lowest BCUT2D eigenvalue weighted by Crippen LogP contribution is -2.32. The van der Waals surface area contributed by atoms with Gasteiger partial charge in [-0.2, -0.15) is 0 Å². The number of benzene rings is 1. The summed E-state index contributed by atoms with van der Waals surface area (Å²) in [6.07, 6.45) is 7.88. The van der Waals surface area contributed by atoms with Crippen molar-refractivity contribution >= 4 is 5.91 Å². The Morgan fingerprint density at radius 3 is 2.70 bits per heavy atom. The highest BCUT2D eigenvalue weighted by atomic mass is 19.1. The third-order valence-electron chi connectivity index (χ3n) is 5.38. The van der Waals surface area contributed by atoms with Crippen molar-refractivity contribution in [1.82, 2.24) is 10.5 Å². The molecule has 6 heteroatoms. The van der Waals surface area contributed by atoms with Crippen LogP contribution in [0.4, 0.5) is 8.78 Å². The van der Waals surface area contributed by atoms with Crippen LogP contribution in [0.25, 0.3) is 11.3 Å². The Bertz CT molecular complexity index is 767. The van der Waals surface area contributed by atoms with Gasteiger partial charge in [0.25, 0.3) is 0 Å². The minimum atomic E-state index is -0.707. The van der Waals surface area contributed by atoms with Crippen LogP contribution in [0.15, 0.2) is 28.8 Å². The van der Waals surface area contributed by atoms with Gasteiger partial charge in [-0.15, -0.1) is 0 Å². The van der Waals surface area contributed by atoms with Gasteiger partial charge in [-0.3, -0.25) is 4.79 Å². The van der Waals surface area contributed by atoms with Gasteiger partial charge < -0.3 is 9.84 Å². The van der Waals surface area contributed by atoms with Crippen molar-refractivity contribution in [2.75, 3.05) is 0 Å². The van der Waals surface area contributed by atoms with Crippen molar-refractivity contribution in [1.29, 1.82) is 0 Å². The molecule has 3 rings (SSSR count). The smallest absolute Gasteiger partial charge is 0.223 e. The summed E-state index contributed by atoms with van der Waals surface area (Å²) in [4.78, 5) is 12.4. The average Bonchev–Trinajstić information content (AvgIpc) is 3.13. The van der Waals surface area contributed by atoms with Crippen molar-refractivity contribution in [2.24, 2.45) is 11.8 Å². The number of nitrogens with zero attached hydrogens (tertiary/aromatic N) is 1. The van der Waals surface area contributed by atoms with Gasteiger partial charge in [0.05, 0.1) is 12.1 Å². The van der Waals surface area contributed by atoms with Crippen LogP contribution in [0.1, 0.15) is 57.6 Å². The highest BCUT2D eigenvalue weighted by Crippen LogP contribution is 2.32. The van der Waals surface area contributed by atoms with Gasteiger partial charge in [-0.05, 0) is 43.7 Å². The van der Waals surface area contributed by atoms with Crippen molar-refractivity contribution in [2.45, 2.75) is 58.4 Å². The minimum absolute atomic E-state index is 0.0430. The van der Waals surface area contributed by atoms with Crippen LogP contribution < -0.4 is 5.32 Å². The molecular formula is C21H26F2N2O2. The molecule has 1 aromatic carbocycles. The first-order chi connectivity index (χ1) is 13.1. The van der Waals surface area contributed by atoms with E-state index < -0.39 is 11.6 Å². The maximum Gasteiger partial charge on any atom is 0.223 e. The Kier molecular flexibility index (Phi) is 6.58. The fourth-order valence-electron chi connectivity index (χ4n) is 3.74. The van der Waals surface area contributed by atoms with E-state index in [2.05, 4.69) is 17.4 Å².